The van der Waals surface area contributed by atoms with E-state index in [4.69, 9.17) is 5.73 Å². The molecule has 164 valence electrons. The SMILES string of the molecule is I.NC(=NCCS(=O)(=O)N1CCN(c2ccccn2)CC1)NC1CCCCCC1. The fourth-order valence-electron chi connectivity index (χ4n) is 3.83. The van der Waals surface area contributed by atoms with E-state index in [0.29, 0.717) is 38.2 Å². The monoisotopic (exact) mass is 536 g/mol. The molecule has 1 aromatic rings. The Morgan fingerprint density at radius 1 is 1.14 bits per heavy atom. The fraction of sp³-hybridized carbons (Fsp3) is 0.684. The number of aromatic nitrogens is 1. The minimum atomic E-state index is -3.33. The first-order valence-corrected chi connectivity index (χ1v) is 11.9. The zero-order chi connectivity index (χ0) is 19.8. The van der Waals surface area contributed by atoms with E-state index in [1.165, 1.54) is 25.7 Å². The molecule has 2 aliphatic rings. The summed E-state index contributed by atoms with van der Waals surface area (Å²) in [6.07, 6.45) is 8.95. The van der Waals surface area contributed by atoms with E-state index in [1.807, 2.05) is 18.2 Å². The molecule has 10 heteroatoms. The van der Waals surface area contributed by atoms with Gasteiger partial charge in [0, 0.05) is 38.4 Å². The van der Waals surface area contributed by atoms with Crippen molar-refractivity contribution in [3.63, 3.8) is 0 Å². The molecular weight excluding hydrogens is 503 g/mol. The van der Waals surface area contributed by atoms with Crippen molar-refractivity contribution >= 4 is 45.8 Å². The van der Waals surface area contributed by atoms with Crippen LogP contribution in [0.2, 0.25) is 0 Å². The van der Waals surface area contributed by atoms with Gasteiger partial charge in [-0.25, -0.2) is 13.4 Å². The van der Waals surface area contributed by atoms with Gasteiger partial charge in [-0.2, -0.15) is 4.31 Å². The van der Waals surface area contributed by atoms with Crippen LogP contribution in [0.25, 0.3) is 0 Å². The van der Waals surface area contributed by atoms with Gasteiger partial charge < -0.3 is 16.0 Å². The quantitative estimate of drug-likeness (QED) is 0.249. The second kappa shape index (κ2) is 11.9. The van der Waals surface area contributed by atoms with Gasteiger partial charge in [0.1, 0.15) is 5.82 Å². The predicted octanol–water partition coefficient (Wildman–Crippen LogP) is 1.78. The molecule has 2 fully saturated rings. The molecule has 1 aliphatic carbocycles. The van der Waals surface area contributed by atoms with Crippen molar-refractivity contribution in [2.45, 2.75) is 44.6 Å². The van der Waals surface area contributed by atoms with Crippen LogP contribution in [0.3, 0.4) is 0 Å². The van der Waals surface area contributed by atoms with Crippen LogP contribution in [0, 0.1) is 0 Å². The summed E-state index contributed by atoms with van der Waals surface area (Å²) in [6, 6.07) is 6.13. The molecule has 3 rings (SSSR count). The molecule has 0 bridgehead atoms. The summed E-state index contributed by atoms with van der Waals surface area (Å²) in [4.78, 5) is 10.7. The highest BCUT2D eigenvalue weighted by Crippen LogP contribution is 2.17. The highest BCUT2D eigenvalue weighted by Gasteiger charge is 2.27. The third-order valence-electron chi connectivity index (χ3n) is 5.44. The van der Waals surface area contributed by atoms with Gasteiger partial charge in [-0.3, -0.25) is 4.99 Å². The smallest absolute Gasteiger partial charge is 0.216 e. The summed E-state index contributed by atoms with van der Waals surface area (Å²) in [5.41, 5.74) is 5.96. The van der Waals surface area contributed by atoms with Crippen LogP contribution < -0.4 is 16.0 Å². The Bertz CT molecular complexity index is 730. The van der Waals surface area contributed by atoms with E-state index in [-0.39, 0.29) is 36.3 Å². The molecule has 0 aromatic carbocycles. The van der Waals surface area contributed by atoms with Crippen molar-refractivity contribution in [2.24, 2.45) is 10.7 Å². The standard InChI is InChI=1S/C19H32N6O2S.HI/c20-19(23-17-7-3-1-2-4-8-17)22-11-16-28(26,27)25-14-12-24(13-15-25)18-9-5-6-10-21-18;/h5-6,9-10,17H,1-4,7-8,11-16H2,(H3,20,22,23);1H. The van der Waals surface area contributed by atoms with Gasteiger partial charge in [0.05, 0.1) is 12.3 Å². The van der Waals surface area contributed by atoms with Crippen LogP contribution in [0.15, 0.2) is 29.4 Å². The second-order valence-electron chi connectivity index (χ2n) is 7.49. The molecule has 0 spiro atoms. The zero-order valence-corrected chi connectivity index (χ0v) is 20.0. The number of halogens is 1. The van der Waals surface area contributed by atoms with Crippen molar-refractivity contribution in [1.29, 1.82) is 0 Å². The number of sulfonamides is 1. The lowest BCUT2D eigenvalue weighted by atomic mass is 10.1. The maximum absolute atomic E-state index is 12.6. The number of anilines is 1. The number of rotatable bonds is 6. The van der Waals surface area contributed by atoms with Crippen molar-refractivity contribution < 1.29 is 8.42 Å². The van der Waals surface area contributed by atoms with Crippen LogP contribution in [0.1, 0.15) is 38.5 Å². The first kappa shape index (κ1) is 24.1. The van der Waals surface area contributed by atoms with Crippen LogP contribution in [-0.2, 0) is 10.0 Å². The average molecular weight is 536 g/mol. The molecule has 2 heterocycles. The number of nitrogens with zero attached hydrogens (tertiary/aromatic N) is 4. The molecule has 0 radical (unpaired) electrons. The minimum Gasteiger partial charge on any atom is -0.370 e. The Hall–Kier alpha value is -1.14. The van der Waals surface area contributed by atoms with Crippen molar-refractivity contribution in [3.05, 3.63) is 24.4 Å². The molecule has 3 N–H and O–H groups in total. The molecule has 0 atom stereocenters. The van der Waals surface area contributed by atoms with Gasteiger partial charge in [-0.15, -0.1) is 24.0 Å². The Labute approximate surface area is 191 Å². The lowest BCUT2D eigenvalue weighted by Gasteiger charge is -2.34. The average Bonchev–Trinajstić information content (AvgIpc) is 2.97. The van der Waals surface area contributed by atoms with Crippen molar-refractivity contribution in [1.82, 2.24) is 14.6 Å². The largest absolute Gasteiger partial charge is 0.370 e. The van der Waals surface area contributed by atoms with Gasteiger partial charge in [-0.1, -0.05) is 31.7 Å². The molecule has 8 nitrogen and oxygen atoms in total. The lowest BCUT2D eigenvalue weighted by molar-refractivity contribution is 0.384. The maximum Gasteiger partial charge on any atom is 0.216 e. The first-order valence-electron chi connectivity index (χ1n) is 10.2. The van der Waals surface area contributed by atoms with Crippen LogP contribution in [-0.4, -0.2) is 68.2 Å². The zero-order valence-electron chi connectivity index (χ0n) is 16.9. The summed E-state index contributed by atoms with van der Waals surface area (Å²) < 4.78 is 26.8. The summed E-state index contributed by atoms with van der Waals surface area (Å²) in [7, 11) is -3.33. The fourth-order valence-corrected chi connectivity index (χ4v) is 5.13. The highest BCUT2D eigenvalue weighted by atomic mass is 127. The summed E-state index contributed by atoms with van der Waals surface area (Å²) in [5, 5.41) is 3.25. The molecule has 1 aliphatic heterocycles. The summed E-state index contributed by atoms with van der Waals surface area (Å²) in [5.74, 6) is 1.24. The number of piperazine rings is 1. The molecule has 1 saturated heterocycles. The lowest BCUT2D eigenvalue weighted by Crippen LogP contribution is -2.49. The number of guanidine groups is 1. The number of nitrogens with one attached hydrogen (secondary N) is 1. The van der Waals surface area contributed by atoms with E-state index >= 15 is 0 Å². The first-order chi connectivity index (χ1) is 13.5. The molecular formula is C19H33IN6O2S. The van der Waals surface area contributed by atoms with Crippen LogP contribution in [0.4, 0.5) is 5.82 Å². The Balaban J connectivity index is 0.00000300. The van der Waals surface area contributed by atoms with Crippen LogP contribution in [0.5, 0.6) is 0 Å². The summed E-state index contributed by atoms with van der Waals surface area (Å²) in [6.45, 7) is 2.42. The van der Waals surface area contributed by atoms with E-state index in [0.717, 1.165) is 18.7 Å². The Kier molecular flexibility index (Phi) is 9.90. The normalized spacial score (nSPS) is 20.0. The van der Waals surface area contributed by atoms with Crippen molar-refractivity contribution in [2.75, 3.05) is 43.4 Å². The Morgan fingerprint density at radius 2 is 1.83 bits per heavy atom. The maximum atomic E-state index is 12.6. The van der Waals surface area contributed by atoms with Gasteiger partial charge >= 0.3 is 0 Å². The van der Waals surface area contributed by atoms with Crippen LogP contribution >= 0.6 is 24.0 Å². The van der Waals surface area contributed by atoms with Gasteiger partial charge in [0.25, 0.3) is 0 Å². The molecule has 1 aromatic heterocycles. The van der Waals surface area contributed by atoms with E-state index in [9.17, 15) is 8.42 Å². The van der Waals surface area contributed by atoms with E-state index < -0.39 is 10.0 Å². The van der Waals surface area contributed by atoms with Gasteiger partial charge in [0.2, 0.25) is 10.0 Å². The van der Waals surface area contributed by atoms with Gasteiger partial charge in [0.15, 0.2) is 5.96 Å². The second-order valence-corrected chi connectivity index (χ2v) is 9.58. The molecule has 29 heavy (non-hydrogen) atoms. The third-order valence-corrected chi connectivity index (χ3v) is 7.29. The summed E-state index contributed by atoms with van der Waals surface area (Å²) >= 11 is 0. The third kappa shape index (κ3) is 7.56. The molecule has 0 unspecified atom stereocenters. The molecule has 0 amide bonds. The van der Waals surface area contributed by atoms with E-state index in [2.05, 4.69) is 20.2 Å². The molecule has 1 saturated carbocycles. The topological polar surface area (TPSA) is 104 Å². The van der Waals surface area contributed by atoms with E-state index in [1.54, 1.807) is 10.5 Å². The highest BCUT2D eigenvalue weighted by molar-refractivity contribution is 14.0. The number of pyridine rings is 1. The van der Waals surface area contributed by atoms with Crippen molar-refractivity contribution in [3.8, 4) is 0 Å². The predicted molar refractivity (Wildman–Crippen MR) is 128 cm³/mol. The van der Waals surface area contributed by atoms with Gasteiger partial charge in [-0.05, 0) is 25.0 Å². The number of nitrogens with two attached hydrogens (primary N) is 1. The number of hydrogen-bond donors (Lipinski definition) is 2. The number of hydrogen-bond acceptors (Lipinski definition) is 5. The Morgan fingerprint density at radius 3 is 2.45 bits per heavy atom. The number of aliphatic imine (C=N–C) groups is 1. The minimum absolute atomic E-state index is 0.